The zero-order chi connectivity index (χ0) is 17.8. The van der Waals surface area contributed by atoms with Crippen molar-refractivity contribution in [1.82, 2.24) is 14.7 Å². The number of nitrogens with zero attached hydrogens (tertiary/aromatic N) is 3. The van der Waals surface area contributed by atoms with E-state index < -0.39 is 0 Å². The van der Waals surface area contributed by atoms with Gasteiger partial charge in [0.1, 0.15) is 0 Å². The molecule has 0 bridgehead atoms. The molecular weight excluding hydrogens is 314 g/mol. The van der Waals surface area contributed by atoms with Gasteiger partial charge in [-0.05, 0) is 19.4 Å². The third-order valence-electron chi connectivity index (χ3n) is 4.68. The SMILES string of the molecule is CC(C)n1nc(CCC(=O)N(C)Cc2ccccc2)c2c1CCOC2. The number of ether oxygens (including phenoxy) is 1. The van der Waals surface area contributed by atoms with E-state index in [4.69, 9.17) is 9.84 Å². The molecule has 0 unspecified atom stereocenters. The number of carbonyl (C=O) groups excluding carboxylic acids is 1. The molecule has 1 aliphatic heterocycles. The van der Waals surface area contributed by atoms with E-state index in [1.807, 2.05) is 37.4 Å². The third-order valence-corrected chi connectivity index (χ3v) is 4.68. The molecule has 2 heterocycles. The number of benzene rings is 1. The van der Waals surface area contributed by atoms with E-state index in [1.54, 1.807) is 4.90 Å². The Balaban J connectivity index is 1.64. The highest BCUT2D eigenvalue weighted by Crippen LogP contribution is 2.24. The Bertz CT molecular complexity index is 722. The van der Waals surface area contributed by atoms with E-state index >= 15 is 0 Å². The maximum atomic E-state index is 12.5. The standard InChI is InChI=1S/C20H27N3O2/c1-15(2)23-19-11-12-25-14-17(19)18(21-23)9-10-20(24)22(3)13-16-7-5-4-6-8-16/h4-8,15H,9-14H2,1-3H3. The van der Waals surface area contributed by atoms with Crippen LogP contribution < -0.4 is 0 Å². The summed E-state index contributed by atoms with van der Waals surface area (Å²) in [6.45, 7) is 6.30. The average Bonchev–Trinajstić information content (AvgIpc) is 2.99. The zero-order valence-electron chi connectivity index (χ0n) is 15.4. The van der Waals surface area contributed by atoms with Crippen molar-refractivity contribution in [1.29, 1.82) is 0 Å². The van der Waals surface area contributed by atoms with E-state index in [0.717, 1.165) is 24.3 Å². The van der Waals surface area contributed by atoms with E-state index in [0.29, 0.717) is 32.0 Å². The van der Waals surface area contributed by atoms with E-state index in [1.165, 1.54) is 11.3 Å². The van der Waals surface area contributed by atoms with Gasteiger partial charge in [0, 0.05) is 50.2 Å². The molecule has 0 radical (unpaired) electrons. The van der Waals surface area contributed by atoms with Crippen molar-refractivity contribution in [2.75, 3.05) is 13.7 Å². The van der Waals surface area contributed by atoms with Gasteiger partial charge in [-0.3, -0.25) is 9.48 Å². The summed E-state index contributed by atoms with van der Waals surface area (Å²) in [6, 6.07) is 10.4. The van der Waals surface area contributed by atoms with Crippen LogP contribution >= 0.6 is 0 Å². The number of fused-ring (bicyclic) bond motifs is 1. The molecule has 3 rings (SSSR count). The number of hydrogen-bond donors (Lipinski definition) is 0. The van der Waals surface area contributed by atoms with Gasteiger partial charge in [-0.1, -0.05) is 30.3 Å². The average molecular weight is 341 g/mol. The summed E-state index contributed by atoms with van der Waals surface area (Å²) in [6.07, 6.45) is 2.05. The Hall–Kier alpha value is -2.14. The Morgan fingerprint density at radius 2 is 2.08 bits per heavy atom. The number of rotatable bonds is 6. The van der Waals surface area contributed by atoms with Gasteiger partial charge in [-0.2, -0.15) is 5.10 Å². The summed E-state index contributed by atoms with van der Waals surface area (Å²) >= 11 is 0. The van der Waals surface area contributed by atoms with Gasteiger partial charge in [0.25, 0.3) is 0 Å². The normalized spacial score (nSPS) is 13.8. The molecule has 0 saturated heterocycles. The van der Waals surface area contributed by atoms with Crippen molar-refractivity contribution in [2.24, 2.45) is 0 Å². The minimum atomic E-state index is 0.147. The van der Waals surface area contributed by atoms with Crippen LogP contribution in [0.25, 0.3) is 0 Å². The van der Waals surface area contributed by atoms with Crippen LogP contribution in [0.3, 0.4) is 0 Å². The molecule has 134 valence electrons. The van der Waals surface area contributed by atoms with Crippen LogP contribution in [0.5, 0.6) is 0 Å². The third kappa shape index (κ3) is 4.10. The van der Waals surface area contributed by atoms with Crippen molar-refractivity contribution in [3.05, 3.63) is 52.8 Å². The molecule has 1 amide bonds. The molecule has 1 aromatic heterocycles. The number of amides is 1. The zero-order valence-corrected chi connectivity index (χ0v) is 15.4. The van der Waals surface area contributed by atoms with Crippen LogP contribution in [0, 0.1) is 0 Å². The predicted octanol–water partition coefficient (Wildman–Crippen LogP) is 3.13. The first kappa shape index (κ1) is 17.7. The van der Waals surface area contributed by atoms with Gasteiger partial charge >= 0.3 is 0 Å². The van der Waals surface area contributed by atoms with Crippen molar-refractivity contribution < 1.29 is 9.53 Å². The minimum absolute atomic E-state index is 0.147. The summed E-state index contributed by atoms with van der Waals surface area (Å²) in [5, 5.41) is 4.77. The molecule has 0 spiro atoms. The van der Waals surface area contributed by atoms with Gasteiger partial charge in [-0.15, -0.1) is 0 Å². The second kappa shape index (κ2) is 7.83. The largest absolute Gasteiger partial charge is 0.376 e. The number of carbonyl (C=O) groups is 1. The molecule has 0 saturated carbocycles. The smallest absolute Gasteiger partial charge is 0.223 e. The first-order valence-corrected chi connectivity index (χ1v) is 9.01. The van der Waals surface area contributed by atoms with Gasteiger partial charge in [0.15, 0.2) is 0 Å². The molecular formula is C20H27N3O2. The van der Waals surface area contributed by atoms with Crippen LogP contribution in [0.15, 0.2) is 30.3 Å². The monoisotopic (exact) mass is 341 g/mol. The van der Waals surface area contributed by atoms with Crippen molar-refractivity contribution >= 4 is 5.91 Å². The molecule has 0 aliphatic carbocycles. The maximum Gasteiger partial charge on any atom is 0.223 e. The van der Waals surface area contributed by atoms with Crippen LogP contribution in [0.1, 0.15) is 48.8 Å². The van der Waals surface area contributed by atoms with Crippen molar-refractivity contribution in [3.63, 3.8) is 0 Å². The highest BCUT2D eigenvalue weighted by molar-refractivity contribution is 5.76. The molecule has 0 fully saturated rings. The predicted molar refractivity (Wildman–Crippen MR) is 97.2 cm³/mol. The van der Waals surface area contributed by atoms with Gasteiger partial charge in [-0.25, -0.2) is 0 Å². The Morgan fingerprint density at radius 3 is 2.80 bits per heavy atom. The summed E-state index contributed by atoms with van der Waals surface area (Å²) in [4.78, 5) is 14.3. The molecule has 1 aliphatic rings. The summed E-state index contributed by atoms with van der Waals surface area (Å²) in [5.41, 5.74) is 4.64. The molecule has 5 nitrogen and oxygen atoms in total. The molecule has 1 aromatic carbocycles. The Kier molecular flexibility index (Phi) is 5.53. The van der Waals surface area contributed by atoms with Crippen LogP contribution in [0.2, 0.25) is 0 Å². The van der Waals surface area contributed by atoms with Gasteiger partial charge in [0.05, 0.1) is 18.9 Å². The fourth-order valence-electron chi connectivity index (χ4n) is 3.32. The number of aryl methyl sites for hydroxylation is 1. The highest BCUT2D eigenvalue weighted by atomic mass is 16.5. The molecule has 0 N–H and O–H groups in total. The first-order valence-electron chi connectivity index (χ1n) is 9.01. The number of hydrogen-bond acceptors (Lipinski definition) is 3. The molecule has 5 heteroatoms. The molecule has 25 heavy (non-hydrogen) atoms. The topological polar surface area (TPSA) is 47.4 Å². The summed E-state index contributed by atoms with van der Waals surface area (Å²) in [5.74, 6) is 0.147. The Labute approximate surface area is 149 Å². The number of aromatic nitrogens is 2. The second-order valence-corrected chi connectivity index (χ2v) is 6.95. The first-order chi connectivity index (χ1) is 12.1. The molecule has 2 aromatic rings. The fraction of sp³-hybridized carbons (Fsp3) is 0.500. The van der Waals surface area contributed by atoms with Crippen LogP contribution in [0.4, 0.5) is 0 Å². The van der Waals surface area contributed by atoms with Crippen LogP contribution in [-0.2, 0) is 35.5 Å². The second-order valence-electron chi connectivity index (χ2n) is 6.95. The summed E-state index contributed by atoms with van der Waals surface area (Å²) in [7, 11) is 1.86. The lowest BCUT2D eigenvalue weighted by molar-refractivity contribution is -0.130. The van der Waals surface area contributed by atoms with E-state index in [-0.39, 0.29) is 5.91 Å². The minimum Gasteiger partial charge on any atom is -0.376 e. The van der Waals surface area contributed by atoms with Gasteiger partial charge < -0.3 is 9.64 Å². The lowest BCUT2D eigenvalue weighted by Crippen LogP contribution is -2.26. The van der Waals surface area contributed by atoms with Crippen molar-refractivity contribution in [3.8, 4) is 0 Å². The Morgan fingerprint density at radius 1 is 1.32 bits per heavy atom. The lowest BCUT2D eigenvalue weighted by Gasteiger charge is -2.18. The lowest BCUT2D eigenvalue weighted by atomic mass is 10.1. The van der Waals surface area contributed by atoms with Gasteiger partial charge in [0.2, 0.25) is 5.91 Å². The summed E-state index contributed by atoms with van der Waals surface area (Å²) < 4.78 is 7.72. The maximum absolute atomic E-state index is 12.5. The fourth-order valence-corrected chi connectivity index (χ4v) is 3.32. The van der Waals surface area contributed by atoms with E-state index in [2.05, 4.69) is 18.5 Å². The quantitative estimate of drug-likeness (QED) is 0.811. The highest BCUT2D eigenvalue weighted by Gasteiger charge is 2.23. The molecule has 0 atom stereocenters. The van der Waals surface area contributed by atoms with Crippen LogP contribution in [-0.4, -0.2) is 34.2 Å². The van der Waals surface area contributed by atoms with Crippen molar-refractivity contribution in [2.45, 2.75) is 52.3 Å². The van der Waals surface area contributed by atoms with E-state index in [9.17, 15) is 4.79 Å².